The van der Waals surface area contributed by atoms with Crippen molar-refractivity contribution in [2.24, 2.45) is 0 Å². The maximum Gasteiger partial charge on any atom is 0.196 e. The van der Waals surface area contributed by atoms with Crippen LogP contribution < -0.4 is 11.5 Å². The molecule has 2 aromatic rings. The fourth-order valence-corrected chi connectivity index (χ4v) is 2.57. The molecule has 0 atom stereocenters. The number of hydrogen-bond donors (Lipinski definition) is 3. The van der Waals surface area contributed by atoms with Crippen molar-refractivity contribution in [2.75, 3.05) is 11.5 Å². The minimum atomic E-state index is -0.245. The van der Waals surface area contributed by atoms with Crippen molar-refractivity contribution in [1.82, 2.24) is 0 Å². The monoisotopic (exact) mass is 338 g/mol. The van der Waals surface area contributed by atoms with E-state index in [0.717, 1.165) is 0 Å². The molecule has 0 saturated heterocycles. The summed E-state index contributed by atoms with van der Waals surface area (Å²) in [5, 5.41) is 8.36. The molecule has 0 bridgehead atoms. The average Bonchev–Trinajstić information content (AvgIpc) is 2.54. The van der Waals surface area contributed by atoms with Gasteiger partial charge in [0.1, 0.15) is 0 Å². The van der Waals surface area contributed by atoms with Crippen LogP contribution in [0.25, 0.3) is 0 Å². The van der Waals surface area contributed by atoms with Gasteiger partial charge >= 0.3 is 0 Å². The molecule has 0 aromatic heterocycles. The highest BCUT2D eigenvalue weighted by atomic mass is 16.3. The van der Waals surface area contributed by atoms with Gasteiger partial charge in [-0.25, -0.2) is 0 Å². The Labute approximate surface area is 144 Å². The molecule has 0 radical (unpaired) electrons. The second kappa shape index (κ2) is 7.00. The molecule has 2 aromatic carbocycles. The maximum absolute atomic E-state index is 12.3. The third kappa shape index (κ3) is 3.58. The van der Waals surface area contributed by atoms with E-state index in [1.807, 2.05) is 0 Å². The van der Waals surface area contributed by atoms with E-state index < -0.39 is 0 Å². The molecule has 0 spiro atoms. The van der Waals surface area contributed by atoms with Gasteiger partial charge in [0, 0.05) is 28.6 Å². The smallest absolute Gasteiger partial charge is 0.196 e. The van der Waals surface area contributed by atoms with Gasteiger partial charge in [0.25, 0.3) is 0 Å². The summed E-state index contributed by atoms with van der Waals surface area (Å²) in [7, 11) is 0. The number of benzene rings is 2. The molecule has 6 heteroatoms. The Bertz CT molecular complexity index is 850. The van der Waals surface area contributed by atoms with Crippen molar-refractivity contribution < 1.29 is 19.5 Å². The normalized spacial score (nSPS) is 12.6. The van der Waals surface area contributed by atoms with Gasteiger partial charge in [-0.05, 0) is 26.0 Å². The second-order valence-corrected chi connectivity index (χ2v) is 5.59. The number of nitrogens with two attached hydrogens (primary N) is 2. The van der Waals surface area contributed by atoms with E-state index in [9.17, 15) is 14.4 Å². The Morgan fingerprint density at radius 3 is 1.56 bits per heavy atom. The van der Waals surface area contributed by atoms with E-state index in [4.69, 9.17) is 16.6 Å². The quantitative estimate of drug-likeness (QED) is 0.356. The number of allylic oxidation sites excluding steroid dienone is 2. The first-order valence-electron chi connectivity index (χ1n) is 7.48. The van der Waals surface area contributed by atoms with Crippen LogP contribution in [0.2, 0.25) is 0 Å². The Morgan fingerprint density at radius 2 is 1.28 bits per heavy atom. The zero-order valence-electron chi connectivity index (χ0n) is 13.9. The lowest BCUT2D eigenvalue weighted by atomic mass is 9.82. The summed E-state index contributed by atoms with van der Waals surface area (Å²) >= 11 is 0. The van der Waals surface area contributed by atoms with Gasteiger partial charge in [-0.3, -0.25) is 14.4 Å². The summed E-state index contributed by atoms with van der Waals surface area (Å²) in [6.45, 7) is 2.85. The fraction of sp³-hybridized carbons (Fsp3) is 0.105. The zero-order chi connectivity index (χ0) is 18.7. The van der Waals surface area contributed by atoms with E-state index in [1.54, 1.807) is 36.4 Å². The molecule has 1 aliphatic carbocycles. The fourth-order valence-electron chi connectivity index (χ4n) is 2.57. The number of carbonyl (C=O) groups excluding carboxylic acids is 3. The highest BCUT2D eigenvalue weighted by molar-refractivity contribution is 6.31. The molecule has 25 heavy (non-hydrogen) atoms. The number of fused-ring (bicyclic) bond motifs is 2. The molecule has 6 nitrogen and oxygen atoms in total. The van der Waals surface area contributed by atoms with E-state index in [1.165, 1.54) is 19.9 Å². The summed E-state index contributed by atoms with van der Waals surface area (Å²) in [6, 6.07) is 9.79. The second-order valence-electron chi connectivity index (χ2n) is 5.59. The van der Waals surface area contributed by atoms with Gasteiger partial charge in [-0.1, -0.05) is 24.3 Å². The van der Waals surface area contributed by atoms with E-state index >= 15 is 0 Å². The summed E-state index contributed by atoms with van der Waals surface area (Å²) in [5.74, 6) is -0.553. The van der Waals surface area contributed by atoms with Crippen molar-refractivity contribution in [1.29, 1.82) is 0 Å². The number of aliphatic hydroxyl groups excluding tert-OH is 1. The topological polar surface area (TPSA) is 123 Å². The molecule has 3 rings (SSSR count). The van der Waals surface area contributed by atoms with Crippen LogP contribution in [0.1, 0.15) is 45.7 Å². The lowest BCUT2D eigenvalue weighted by Gasteiger charge is -2.20. The van der Waals surface area contributed by atoms with Crippen molar-refractivity contribution in [2.45, 2.75) is 13.8 Å². The maximum atomic E-state index is 12.3. The van der Waals surface area contributed by atoms with Gasteiger partial charge in [-0.2, -0.15) is 0 Å². The van der Waals surface area contributed by atoms with Gasteiger partial charge < -0.3 is 16.6 Å². The predicted octanol–water partition coefficient (Wildman–Crippen LogP) is 2.66. The Kier molecular flexibility index (Phi) is 5.02. The number of rotatable bonds is 1. The van der Waals surface area contributed by atoms with Crippen molar-refractivity contribution in [3.05, 3.63) is 70.5 Å². The van der Waals surface area contributed by atoms with Crippen LogP contribution in [0.5, 0.6) is 0 Å². The summed E-state index contributed by atoms with van der Waals surface area (Å²) in [6.07, 6.45) is 1.17. The molecule has 0 amide bonds. The number of nitrogen functional groups attached to an aromatic ring is 2. The van der Waals surface area contributed by atoms with Crippen LogP contribution in [0.15, 0.2) is 48.2 Å². The average molecular weight is 338 g/mol. The van der Waals surface area contributed by atoms with Crippen LogP contribution in [-0.2, 0) is 4.79 Å². The third-order valence-corrected chi connectivity index (χ3v) is 3.55. The minimum absolute atomic E-state index is 0.0625. The number of aliphatic hydroxyl groups is 1. The Morgan fingerprint density at radius 1 is 0.880 bits per heavy atom. The number of anilines is 2. The number of hydrogen-bond acceptors (Lipinski definition) is 6. The lowest BCUT2D eigenvalue weighted by Crippen LogP contribution is -2.23. The van der Waals surface area contributed by atoms with Crippen LogP contribution in [0, 0.1) is 0 Å². The first-order chi connectivity index (χ1) is 11.7. The molecule has 0 fully saturated rings. The summed E-state index contributed by atoms with van der Waals surface area (Å²) < 4.78 is 0. The molecule has 0 aliphatic heterocycles. The van der Waals surface area contributed by atoms with Crippen molar-refractivity contribution in [3.8, 4) is 0 Å². The van der Waals surface area contributed by atoms with E-state index in [2.05, 4.69) is 0 Å². The molecular formula is C19H18N2O4. The number of carbonyl (C=O) groups is 3. The zero-order valence-corrected chi connectivity index (χ0v) is 13.9. The third-order valence-electron chi connectivity index (χ3n) is 3.55. The summed E-state index contributed by atoms with van der Waals surface area (Å²) in [4.78, 5) is 34.7. The van der Waals surface area contributed by atoms with Crippen LogP contribution >= 0.6 is 0 Å². The molecular weight excluding hydrogens is 320 g/mol. The SMILES string of the molecule is CC(=O)/C=C(/C)O.Nc1ccc(N)c2c1C(=O)c1ccccc1C2=O. The van der Waals surface area contributed by atoms with Crippen molar-refractivity contribution in [3.63, 3.8) is 0 Å². The molecule has 0 saturated carbocycles. The lowest BCUT2D eigenvalue weighted by molar-refractivity contribution is -0.112. The van der Waals surface area contributed by atoms with Gasteiger partial charge in [0.2, 0.25) is 0 Å². The van der Waals surface area contributed by atoms with Crippen molar-refractivity contribution >= 4 is 28.7 Å². The highest BCUT2D eigenvalue weighted by Crippen LogP contribution is 2.33. The van der Waals surface area contributed by atoms with E-state index in [0.29, 0.717) is 11.1 Å². The summed E-state index contributed by atoms with van der Waals surface area (Å²) in [5.41, 5.74) is 13.4. The van der Waals surface area contributed by atoms with Crippen LogP contribution in [0.3, 0.4) is 0 Å². The first-order valence-corrected chi connectivity index (χ1v) is 7.48. The van der Waals surface area contributed by atoms with E-state index in [-0.39, 0.29) is 45.6 Å². The van der Waals surface area contributed by atoms with Gasteiger partial charge in [0.15, 0.2) is 17.3 Å². The predicted molar refractivity (Wildman–Crippen MR) is 95.6 cm³/mol. The molecule has 5 N–H and O–H groups in total. The van der Waals surface area contributed by atoms with Gasteiger partial charge in [0.05, 0.1) is 16.9 Å². The molecule has 0 heterocycles. The largest absolute Gasteiger partial charge is 0.512 e. The van der Waals surface area contributed by atoms with Crippen LogP contribution in [0.4, 0.5) is 11.4 Å². The highest BCUT2D eigenvalue weighted by Gasteiger charge is 2.32. The van der Waals surface area contributed by atoms with Crippen LogP contribution in [-0.4, -0.2) is 22.5 Å². The standard InChI is InChI=1S/C14H10N2O2.C5H8O2/c15-9-5-6-10(16)12-11(9)13(17)7-3-1-2-4-8(7)14(12)18;1-4(6)3-5(2)7/h1-6H,15-16H2;3,6H,1-2H3/b;4-3-. The Balaban J connectivity index is 0.000000277. The first kappa shape index (κ1) is 17.9. The van der Waals surface area contributed by atoms with Gasteiger partial charge in [-0.15, -0.1) is 0 Å². The minimum Gasteiger partial charge on any atom is -0.512 e. The molecule has 128 valence electrons. The Hall–Kier alpha value is -3.41. The number of ketones is 3. The molecule has 0 unspecified atom stereocenters. The molecule has 1 aliphatic rings.